The Morgan fingerprint density at radius 2 is 1.96 bits per heavy atom. The van der Waals surface area contributed by atoms with Crippen LogP contribution < -0.4 is 0 Å². The van der Waals surface area contributed by atoms with Crippen molar-refractivity contribution in [3.8, 4) is 0 Å². The van der Waals surface area contributed by atoms with Crippen molar-refractivity contribution in [3.05, 3.63) is 42.0 Å². The van der Waals surface area contributed by atoms with Crippen LogP contribution in [-0.4, -0.2) is 28.7 Å². The van der Waals surface area contributed by atoms with Crippen molar-refractivity contribution in [2.24, 2.45) is 5.41 Å². The van der Waals surface area contributed by atoms with Crippen molar-refractivity contribution in [3.63, 3.8) is 0 Å². The first-order valence-corrected chi connectivity index (χ1v) is 8.78. The van der Waals surface area contributed by atoms with Crippen molar-refractivity contribution < 1.29 is 14.6 Å². The third-order valence-corrected chi connectivity index (χ3v) is 5.12. The van der Waals surface area contributed by atoms with Crippen LogP contribution in [0.1, 0.15) is 58.9 Å². The highest BCUT2D eigenvalue weighted by atomic mass is 16.5. The van der Waals surface area contributed by atoms with Crippen LogP contribution in [0.5, 0.6) is 0 Å². The van der Waals surface area contributed by atoms with Crippen molar-refractivity contribution in [1.29, 1.82) is 0 Å². The second kappa shape index (κ2) is 7.20. The van der Waals surface area contributed by atoms with Gasteiger partial charge in [0.1, 0.15) is 6.29 Å². The largest absolute Gasteiger partial charge is 0.385 e. The molecule has 0 heterocycles. The van der Waals surface area contributed by atoms with E-state index in [0.29, 0.717) is 19.3 Å². The van der Waals surface area contributed by atoms with E-state index in [-0.39, 0.29) is 11.7 Å². The summed E-state index contributed by atoms with van der Waals surface area (Å²) in [6.45, 7) is 8.15. The quantitative estimate of drug-likeness (QED) is 0.787. The smallest absolute Gasteiger partial charge is 0.120 e. The molecule has 1 fully saturated rings. The summed E-state index contributed by atoms with van der Waals surface area (Å²) in [6, 6.07) is 9.97. The third-order valence-electron chi connectivity index (χ3n) is 5.12. The lowest BCUT2D eigenvalue weighted by molar-refractivity contribution is -0.139. The summed E-state index contributed by atoms with van der Waals surface area (Å²) in [5.41, 5.74) is -0.667. The van der Waals surface area contributed by atoms with Crippen LogP contribution >= 0.6 is 0 Å². The molecule has 1 aromatic carbocycles. The van der Waals surface area contributed by atoms with Crippen LogP contribution in [-0.2, 0) is 9.53 Å². The Bertz CT molecular complexity index is 572. The van der Waals surface area contributed by atoms with E-state index in [1.165, 1.54) is 0 Å². The standard InChI is InChI=1S/C21H30O3/c1-19(2,3)24-18-12-15-21(23,20(18,4)13-8-16-22)14-11-17-9-6-5-7-10-17/h5-7,9-11,14,16,18,23H,8,12-13,15H2,1-4H3/b14-11+/t18-,20+,21+/m0/s1. The molecule has 1 N–H and O–H groups in total. The van der Waals surface area contributed by atoms with E-state index >= 15 is 0 Å². The summed E-state index contributed by atoms with van der Waals surface area (Å²) in [7, 11) is 0. The van der Waals surface area contributed by atoms with Gasteiger partial charge in [0.25, 0.3) is 0 Å². The molecule has 1 aliphatic carbocycles. The van der Waals surface area contributed by atoms with E-state index in [1.807, 2.05) is 63.3 Å². The molecule has 0 aromatic heterocycles. The third kappa shape index (κ3) is 4.14. The number of hydrogen-bond donors (Lipinski definition) is 1. The van der Waals surface area contributed by atoms with Gasteiger partial charge < -0.3 is 14.6 Å². The molecule has 1 saturated carbocycles. The Hall–Kier alpha value is -1.45. The summed E-state index contributed by atoms with van der Waals surface area (Å²) in [6.07, 6.45) is 7.23. The van der Waals surface area contributed by atoms with Gasteiger partial charge in [0, 0.05) is 11.8 Å². The van der Waals surface area contributed by atoms with Gasteiger partial charge in [-0.3, -0.25) is 0 Å². The first-order chi connectivity index (χ1) is 11.2. The Morgan fingerprint density at radius 3 is 2.54 bits per heavy atom. The topological polar surface area (TPSA) is 46.5 Å². The fourth-order valence-corrected chi connectivity index (χ4v) is 3.66. The maximum atomic E-state index is 11.4. The number of benzene rings is 1. The predicted octanol–water partition coefficient (Wildman–Crippen LogP) is 4.39. The molecule has 0 spiro atoms. The minimum atomic E-state index is -0.970. The van der Waals surface area contributed by atoms with E-state index in [2.05, 4.69) is 6.92 Å². The SMILES string of the molecule is CC(C)(C)O[C@H]1CC[C@](O)(/C=C/c2ccccc2)[C@]1(C)CCC=O. The Kier molecular flexibility index (Phi) is 5.67. The van der Waals surface area contributed by atoms with Gasteiger partial charge in [-0.05, 0) is 45.6 Å². The Labute approximate surface area is 145 Å². The molecule has 0 amide bonds. The van der Waals surface area contributed by atoms with Crippen molar-refractivity contribution >= 4 is 12.4 Å². The molecule has 0 bridgehead atoms. The highest BCUT2D eigenvalue weighted by molar-refractivity contribution is 5.52. The number of aliphatic hydroxyl groups is 1. The number of ether oxygens (including phenoxy) is 1. The van der Waals surface area contributed by atoms with Crippen LogP contribution in [0.2, 0.25) is 0 Å². The molecule has 132 valence electrons. The average Bonchev–Trinajstić information content (AvgIpc) is 2.76. The van der Waals surface area contributed by atoms with Crippen LogP contribution in [0.15, 0.2) is 36.4 Å². The van der Waals surface area contributed by atoms with Crippen LogP contribution in [0.25, 0.3) is 6.08 Å². The van der Waals surface area contributed by atoms with Crippen LogP contribution in [0.3, 0.4) is 0 Å². The van der Waals surface area contributed by atoms with Gasteiger partial charge in [0.2, 0.25) is 0 Å². The number of rotatable bonds is 6. The zero-order valence-electron chi connectivity index (χ0n) is 15.3. The van der Waals surface area contributed by atoms with E-state index in [4.69, 9.17) is 4.74 Å². The lowest BCUT2D eigenvalue weighted by atomic mass is 9.71. The van der Waals surface area contributed by atoms with Gasteiger partial charge in [0.15, 0.2) is 0 Å². The molecule has 3 heteroatoms. The molecule has 2 rings (SSSR count). The number of hydrogen-bond acceptors (Lipinski definition) is 3. The molecule has 24 heavy (non-hydrogen) atoms. The summed E-state index contributed by atoms with van der Waals surface area (Å²) < 4.78 is 6.25. The normalized spacial score (nSPS) is 30.8. The second-order valence-corrected chi connectivity index (χ2v) is 8.05. The highest BCUT2D eigenvalue weighted by Gasteiger charge is 2.56. The lowest BCUT2D eigenvalue weighted by Gasteiger charge is -2.43. The zero-order chi connectivity index (χ0) is 17.8. The monoisotopic (exact) mass is 330 g/mol. The summed E-state index contributed by atoms with van der Waals surface area (Å²) in [4.78, 5) is 10.9. The molecule has 3 atom stereocenters. The summed E-state index contributed by atoms with van der Waals surface area (Å²) in [5.74, 6) is 0. The minimum absolute atomic E-state index is 0.0668. The summed E-state index contributed by atoms with van der Waals surface area (Å²) in [5, 5.41) is 11.4. The molecular weight excluding hydrogens is 300 g/mol. The molecule has 0 saturated heterocycles. The van der Waals surface area contributed by atoms with Gasteiger partial charge in [-0.25, -0.2) is 0 Å². The average molecular weight is 330 g/mol. The molecule has 0 radical (unpaired) electrons. The van der Waals surface area contributed by atoms with Gasteiger partial charge in [-0.1, -0.05) is 49.4 Å². The van der Waals surface area contributed by atoms with Crippen molar-refractivity contribution in [2.75, 3.05) is 0 Å². The second-order valence-electron chi connectivity index (χ2n) is 8.05. The van der Waals surface area contributed by atoms with E-state index < -0.39 is 11.0 Å². The van der Waals surface area contributed by atoms with Crippen molar-refractivity contribution in [2.45, 2.75) is 70.7 Å². The van der Waals surface area contributed by atoms with Gasteiger partial charge in [-0.15, -0.1) is 0 Å². The maximum Gasteiger partial charge on any atom is 0.120 e. The van der Waals surface area contributed by atoms with Gasteiger partial charge in [-0.2, -0.15) is 0 Å². The maximum absolute atomic E-state index is 11.4. The highest BCUT2D eigenvalue weighted by Crippen LogP contribution is 2.52. The van der Waals surface area contributed by atoms with Gasteiger partial charge >= 0.3 is 0 Å². The summed E-state index contributed by atoms with van der Waals surface area (Å²) >= 11 is 0. The molecular formula is C21H30O3. The van der Waals surface area contributed by atoms with E-state index in [9.17, 15) is 9.90 Å². The molecule has 0 unspecified atom stereocenters. The number of carbonyl (C=O) groups is 1. The van der Waals surface area contributed by atoms with Crippen LogP contribution in [0.4, 0.5) is 0 Å². The zero-order valence-corrected chi connectivity index (χ0v) is 15.3. The fraction of sp³-hybridized carbons (Fsp3) is 0.571. The lowest BCUT2D eigenvalue weighted by Crippen LogP contribution is -2.48. The predicted molar refractivity (Wildman–Crippen MR) is 97.7 cm³/mol. The number of aldehydes is 1. The Balaban J connectivity index is 2.29. The first-order valence-electron chi connectivity index (χ1n) is 8.78. The fourth-order valence-electron chi connectivity index (χ4n) is 3.66. The first kappa shape index (κ1) is 18.9. The van der Waals surface area contributed by atoms with Crippen molar-refractivity contribution in [1.82, 2.24) is 0 Å². The van der Waals surface area contributed by atoms with Crippen LogP contribution in [0, 0.1) is 5.41 Å². The Morgan fingerprint density at radius 1 is 1.29 bits per heavy atom. The minimum Gasteiger partial charge on any atom is -0.385 e. The molecule has 3 nitrogen and oxygen atoms in total. The van der Waals surface area contributed by atoms with Gasteiger partial charge in [0.05, 0.1) is 17.3 Å². The van der Waals surface area contributed by atoms with E-state index in [1.54, 1.807) is 0 Å². The number of carbonyl (C=O) groups excluding carboxylic acids is 1. The molecule has 1 aromatic rings. The molecule has 0 aliphatic heterocycles. The molecule has 1 aliphatic rings. The van der Waals surface area contributed by atoms with E-state index in [0.717, 1.165) is 18.3 Å².